The van der Waals surface area contributed by atoms with Crippen molar-refractivity contribution in [2.24, 2.45) is 5.41 Å². The Balaban J connectivity index is 1.69. The number of thiol groups is 1. The summed E-state index contributed by atoms with van der Waals surface area (Å²) in [5, 5.41) is 0. The van der Waals surface area contributed by atoms with Gasteiger partial charge in [0.15, 0.2) is 0 Å². The van der Waals surface area contributed by atoms with Crippen molar-refractivity contribution in [3.8, 4) is 0 Å². The highest BCUT2D eigenvalue weighted by Crippen LogP contribution is 2.46. The first-order chi connectivity index (χ1) is 9.60. The zero-order chi connectivity index (χ0) is 14.2. The van der Waals surface area contributed by atoms with Gasteiger partial charge >= 0.3 is 0 Å². The van der Waals surface area contributed by atoms with E-state index in [1.165, 1.54) is 38.5 Å². The van der Waals surface area contributed by atoms with Crippen LogP contribution in [0.2, 0.25) is 0 Å². The van der Waals surface area contributed by atoms with E-state index in [4.69, 9.17) is 0 Å². The summed E-state index contributed by atoms with van der Waals surface area (Å²) < 4.78 is 0.961. The number of halogens is 1. The minimum absolute atomic E-state index is 0.135. The quantitative estimate of drug-likeness (QED) is 0.735. The third-order valence-corrected chi connectivity index (χ3v) is 5.83. The van der Waals surface area contributed by atoms with Crippen molar-refractivity contribution < 1.29 is 4.79 Å². The lowest BCUT2D eigenvalue weighted by atomic mass is 9.77. The van der Waals surface area contributed by atoms with E-state index in [1.54, 1.807) is 0 Å². The average Bonchev–Trinajstić information content (AvgIpc) is 2.87. The van der Waals surface area contributed by atoms with Gasteiger partial charge in [0.05, 0.1) is 5.56 Å². The summed E-state index contributed by atoms with van der Waals surface area (Å²) in [5.74, 6) is 0.135. The predicted molar refractivity (Wildman–Crippen MR) is 87.4 cm³/mol. The van der Waals surface area contributed by atoms with Crippen LogP contribution in [0.15, 0.2) is 27.6 Å². The van der Waals surface area contributed by atoms with Crippen molar-refractivity contribution in [3.63, 3.8) is 0 Å². The molecule has 0 radical (unpaired) electrons. The largest absolute Gasteiger partial charge is 0.339 e. The van der Waals surface area contributed by atoms with E-state index >= 15 is 0 Å². The normalized spacial score (nSPS) is 21.4. The highest BCUT2D eigenvalue weighted by molar-refractivity contribution is 9.10. The van der Waals surface area contributed by atoms with Crippen molar-refractivity contribution in [2.75, 3.05) is 13.1 Å². The molecule has 1 saturated heterocycles. The van der Waals surface area contributed by atoms with Crippen molar-refractivity contribution in [1.82, 2.24) is 4.90 Å². The first-order valence-corrected chi connectivity index (χ1v) is 8.62. The molecule has 1 spiro atoms. The molecule has 0 N–H and O–H groups in total. The van der Waals surface area contributed by atoms with Crippen LogP contribution in [-0.4, -0.2) is 23.9 Å². The maximum atomic E-state index is 12.6. The maximum absolute atomic E-state index is 12.6. The molecule has 0 atom stereocenters. The Hall–Kier alpha value is -0.480. The van der Waals surface area contributed by atoms with Gasteiger partial charge in [-0.1, -0.05) is 28.8 Å². The van der Waals surface area contributed by atoms with Crippen LogP contribution >= 0.6 is 28.6 Å². The smallest absolute Gasteiger partial charge is 0.254 e. The standard InChI is InChI=1S/C16H20BrNOS/c17-12-3-4-13(14(20)11-12)15(19)18-9-7-16(8-10-18)5-1-2-6-16/h3-4,11,20H,1-2,5-10H2. The molecule has 1 heterocycles. The first kappa shape index (κ1) is 14.5. The number of carbonyl (C=O) groups excluding carboxylic acids is 1. The van der Waals surface area contributed by atoms with Crippen LogP contribution in [0, 0.1) is 5.41 Å². The molecule has 1 aliphatic heterocycles. The zero-order valence-electron chi connectivity index (χ0n) is 11.6. The second-order valence-corrected chi connectivity index (χ2v) is 7.56. The van der Waals surface area contributed by atoms with E-state index in [9.17, 15) is 4.79 Å². The third-order valence-electron chi connectivity index (χ3n) is 4.97. The van der Waals surface area contributed by atoms with Gasteiger partial charge in [0.1, 0.15) is 0 Å². The summed E-state index contributed by atoms with van der Waals surface area (Å²) in [4.78, 5) is 15.4. The monoisotopic (exact) mass is 353 g/mol. The van der Waals surface area contributed by atoms with Gasteiger partial charge in [-0.15, -0.1) is 12.6 Å². The Morgan fingerprint density at radius 1 is 1.15 bits per heavy atom. The minimum atomic E-state index is 0.135. The van der Waals surface area contributed by atoms with E-state index in [0.29, 0.717) is 5.41 Å². The van der Waals surface area contributed by atoms with Crippen LogP contribution in [0.3, 0.4) is 0 Å². The van der Waals surface area contributed by atoms with Gasteiger partial charge in [-0.2, -0.15) is 0 Å². The Morgan fingerprint density at radius 2 is 1.80 bits per heavy atom. The molecule has 1 aliphatic carbocycles. The van der Waals surface area contributed by atoms with Crippen LogP contribution in [0.4, 0.5) is 0 Å². The van der Waals surface area contributed by atoms with Gasteiger partial charge in [-0.3, -0.25) is 4.79 Å². The fourth-order valence-electron chi connectivity index (χ4n) is 3.67. The summed E-state index contributed by atoms with van der Waals surface area (Å²) in [6.07, 6.45) is 7.84. The summed E-state index contributed by atoms with van der Waals surface area (Å²) in [5.41, 5.74) is 1.28. The van der Waals surface area contributed by atoms with Gasteiger partial charge in [0.25, 0.3) is 5.91 Å². The van der Waals surface area contributed by atoms with E-state index in [1.807, 2.05) is 23.1 Å². The van der Waals surface area contributed by atoms with Crippen molar-refractivity contribution in [2.45, 2.75) is 43.4 Å². The second-order valence-electron chi connectivity index (χ2n) is 6.16. The molecule has 0 aromatic heterocycles. The molecule has 1 aromatic rings. The number of hydrogen-bond acceptors (Lipinski definition) is 2. The fourth-order valence-corrected chi connectivity index (χ4v) is 4.51. The Morgan fingerprint density at radius 3 is 2.40 bits per heavy atom. The minimum Gasteiger partial charge on any atom is -0.339 e. The van der Waals surface area contributed by atoms with Crippen molar-refractivity contribution in [3.05, 3.63) is 28.2 Å². The molecule has 2 aliphatic rings. The molecule has 1 saturated carbocycles. The van der Waals surface area contributed by atoms with Gasteiger partial charge in [-0.05, 0) is 49.3 Å². The molecule has 2 fully saturated rings. The van der Waals surface area contributed by atoms with Gasteiger partial charge in [0, 0.05) is 22.5 Å². The number of likely N-dealkylation sites (tertiary alicyclic amines) is 1. The first-order valence-electron chi connectivity index (χ1n) is 7.38. The number of nitrogens with zero attached hydrogens (tertiary/aromatic N) is 1. The van der Waals surface area contributed by atoms with Crippen LogP contribution in [0.5, 0.6) is 0 Å². The lowest BCUT2D eigenvalue weighted by Crippen LogP contribution is -2.42. The number of amides is 1. The third kappa shape index (κ3) is 2.77. The molecule has 108 valence electrons. The molecular formula is C16H20BrNOS. The summed E-state index contributed by atoms with van der Waals surface area (Å²) in [6, 6.07) is 5.67. The molecule has 4 heteroatoms. The topological polar surface area (TPSA) is 20.3 Å². The maximum Gasteiger partial charge on any atom is 0.254 e. The second kappa shape index (κ2) is 5.72. The van der Waals surface area contributed by atoms with E-state index in [2.05, 4.69) is 28.6 Å². The summed E-state index contributed by atoms with van der Waals surface area (Å²) in [7, 11) is 0. The lowest BCUT2D eigenvalue weighted by molar-refractivity contribution is 0.0584. The average molecular weight is 354 g/mol. The Kier molecular flexibility index (Phi) is 4.14. The number of benzene rings is 1. The number of carbonyl (C=O) groups is 1. The number of rotatable bonds is 1. The highest BCUT2D eigenvalue weighted by Gasteiger charge is 2.38. The molecule has 20 heavy (non-hydrogen) atoms. The van der Waals surface area contributed by atoms with E-state index in [0.717, 1.165) is 28.0 Å². The van der Waals surface area contributed by atoms with Gasteiger partial charge < -0.3 is 4.90 Å². The van der Waals surface area contributed by atoms with Crippen LogP contribution in [0.1, 0.15) is 48.9 Å². The molecule has 3 rings (SSSR count). The SMILES string of the molecule is O=C(c1ccc(Br)cc1S)N1CCC2(CCCC2)CC1. The zero-order valence-corrected chi connectivity index (χ0v) is 14.0. The van der Waals surface area contributed by atoms with Crippen LogP contribution < -0.4 is 0 Å². The molecule has 2 nitrogen and oxygen atoms in total. The van der Waals surface area contributed by atoms with E-state index < -0.39 is 0 Å². The fraction of sp³-hybridized carbons (Fsp3) is 0.562. The number of hydrogen-bond donors (Lipinski definition) is 1. The van der Waals surface area contributed by atoms with Crippen molar-refractivity contribution >= 4 is 34.5 Å². The van der Waals surface area contributed by atoms with Crippen LogP contribution in [-0.2, 0) is 0 Å². The molecule has 0 bridgehead atoms. The summed E-state index contributed by atoms with van der Waals surface area (Å²) in [6.45, 7) is 1.81. The van der Waals surface area contributed by atoms with Gasteiger partial charge in [-0.25, -0.2) is 0 Å². The van der Waals surface area contributed by atoms with Crippen molar-refractivity contribution in [1.29, 1.82) is 0 Å². The van der Waals surface area contributed by atoms with Gasteiger partial charge in [0.2, 0.25) is 0 Å². The lowest BCUT2D eigenvalue weighted by Gasteiger charge is -2.39. The molecular weight excluding hydrogens is 334 g/mol. The van der Waals surface area contributed by atoms with E-state index in [-0.39, 0.29) is 5.91 Å². The summed E-state index contributed by atoms with van der Waals surface area (Å²) >= 11 is 7.84. The predicted octanol–water partition coefficient (Wildman–Crippen LogP) is 4.53. The molecule has 1 aromatic carbocycles. The molecule has 1 amide bonds. The Labute approximate surface area is 134 Å². The molecule has 0 unspecified atom stereocenters. The Bertz CT molecular complexity index is 515. The number of piperidine rings is 1. The highest BCUT2D eigenvalue weighted by atomic mass is 79.9. The van der Waals surface area contributed by atoms with Crippen LogP contribution in [0.25, 0.3) is 0 Å².